The average Bonchev–Trinajstić information content (AvgIpc) is 3.02. The van der Waals surface area contributed by atoms with Crippen LogP contribution >= 0.6 is 0 Å². The number of rotatable bonds is 4. The Labute approximate surface area is 357 Å². The molecule has 2 fully saturated rings. The molecule has 2 saturated heterocycles. The number of aliphatic carboxylic acids is 10. The normalized spacial score (nSPS) is 22.8. The molecule has 376 valence electrons. The molecular formula is C32H62O31. The molecule has 0 aromatic heterocycles. The van der Waals surface area contributed by atoms with Crippen molar-refractivity contribution < 1.29 is 154 Å². The zero-order valence-corrected chi connectivity index (χ0v) is 35.5. The van der Waals surface area contributed by atoms with Gasteiger partial charge in [-0.2, -0.15) is 0 Å². The molecule has 2 aliphatic rings. The Balaban J connectivity index is -0.0000000855. The quantitative estimate of drug-likeness (QED) is 0.126. The Bertz CT molecular complexity index is 1030. The number of aliphatic hydroxyl groups is 8. The zero-order valence-electron chi connectivity index (χ0n) is 35.5. The van der Waals surface area contributed by atoms with Crippen molar-refractivity contribution in [2.45, 2.75) is 131 Å². The second-order valence-corrected chi connectivity index (χ2v) is 10.7. The van der Waals surface area contributed by atoms with E-state index in [1.54, 1.807) is 0 Å². The first kappa shape index (κ1) is 77.8. The number of aliphatic hydroxyl groups excluding tert-OH is 8. The van der Waals surface area contributed by atoms with Gasteiger partial charge in [0.2, 0.25) is 0 Å². The largest absolute Gasteiger partial charge is 0.481 e. The lowest BCUT2D eigenvalue weighted by Gasteiger charge is -2.45. The van der Waals surface area contributed by atoms with Crippen molar-refractivity contribution in [1.82, 2.24) is 0 Å². The van der Waals surface area contributed by atoms with Gasteiger partial charge in [0.1, 0.15) is 48.8 Å². The Kier molecular flexibility index (Phi) is 60.4. The molecular weight excluding hydrogens is 880 g/mol. The van der Waals surface area contributed by atoms with Crippen LogP contribution < -0.4 is 0 Å². The summed E-state index contributed by atoms with van der Waals surface area (Å²) in [5.74, 6) is -8.33. The van der Waals surface area contributed by atoms with Gasteiger partial charge in [0, 0.05) is 69.2 Å². The van der Waals surface area contributed by atoms with Crippen LogP contribution in [0.5, 0.6) is 0 Å². The van der Waals surface area contributed by atoms with Crippen LogP contribution in [0.2, 0.25) is 0 Å². The topological polar surface area (TPSA) is 563 Å². The standard InChI is InChI=1S/C12H22O11.10C2H4O2/c13-1-3-5(15)6(16)9(19)12(22-3)23-10-4(2-14)21-11(20)8(18)7(10)17;10*1-2(3)4/h3-20H,1-2H2;10*1H3,(H,3,4)/t3-,4-,5+,6+,7-,8-,9-,10-,11?,12+;;;;;;;;;;/m1........../s1. The van der Waals surface area contributed by atoms with Crippen LogP contribution in [0.25, 0.3) is 0 Å². The Hall–Kier alpha value is -5.74. The highest BCUT2D eigenvalue weighted by Crippen LogP contribution is 2.28. The van der Waals surface area contributed by atoms with Crippen LogP contribution in [0.4, 0.5) is 0 Å². The molecule has 2 heterocycles. The number of carboxylic acid groups (broad SMARTS) is 10. The van der Waals surface area contributed by atoms with E-state index in [1.165, 1.54) is 0 Å². The summed E-state index contributed by atoms with van der Waals surface area (Å²) in [7, 11) is 0. The van der Waals surface area contributed by atoms with Crippen LogP contribution in [0, 0.1) is 0 Å². The fourth-order valence-electron chi connectivity index (χ4n) is 2.57. The van der Waals surface area contributed by atoms with Gasteiger partial charge in [-0.15, -0.1) is 0 Å². The summed E-state index contributed by atoms with van der Waals surface area (Å²) in [4.78, 5) is 90.0. The molecule has 0 saturated carbocycles. The van der Waals surface area contributed by atoms with Gasteiger partial charge in [-0.3, -0.25) is 47.9 Å². The first-order valence-corrected chi connectivity index (χ1v) is 16.4. The van der Waals surface area contributed by atoms with Crippen molar-refractivity contribution in [3.05, 3.63) is 0 Å². The van der Waals surface area contributed by atoms with E-state index >= 15 is 0 Å². The number of hydrogen-bond donors (Lipinski definition) is 18. The van der Waals surface area contributed by atoms with E-state index in [0.717, 1.165) is 69.2 Å². The van der Waals surface area contributed by atoms with E-state index in [1.807, 2.05) is 0 Å². The highest BCUT2D eigenvalue weighted by atomic mass is 16.7. The molecule has 0 amide bonds. The summed E-state index contributed by atoms with van der Waals surface area (Å²) in [6.45, 7) is 9.49. The molecule has 0 aromatic carbocycles. The monoisotopic (exact) mass is 942 g/mol. The van der Waals surface area contributed by atoms with Crippen molar-refractivity contribution in [2.24, 2.45) is 0 Å². The maximum atomic E-state index is 9.94. The third-order valence-electron chi connectivity index (χ3n) is 3.98. The van der Waals surface area contributed by atoms with Crippen LogP contribution in [0.1, 0.15) is 69.2 Å². The molecule has 10 atom stereocenters. The van der Waals surface area contributed by atoms with Gasteiger partial charge in [-0.05, 0) is 0 Å². The van der Waals surface area contributed by atoms with Gasteiger partial charge in [-0.1, -0.05) is 0 Å². The van der Waals surface area contributed by atoms with E-state index in [9.17, 15) is 35.7 Å². The zero-order chi connectivity index (χ0) is 53.1. The van der Waals surface area contributed by atoms with Gasteiger partial charge in [-0.25, -0.2) is 0 Å². The van der Waals surface area contributed by atoms with Crippen molar-refractivity contribution in [3.8, 4) is 0 Å². The number of ether oxygens (including phenoxy) is 3. The van der Waals surface area contributed by atoms with E-state index in [-0.39, 0.29) is 0 Å². The molecule has 31 heteroatoms. The van der Waals surface area contributed by atoms with E-state index < -0.39 is 134 Å². The fraction of sp³-hybridized carbons (Fsp3) is 0.688. The summed E-state index contributed by atoms with van der Waals surface area (Å²) in [6, 6.07) is 0. The fourth-order valence-corrected chi connectivity index (χ4v) is 2.57. The first-order valence-electron chi connectivity index (χ1n) is 16.4. The summed E-state index contributed by atoms with van der Waals surface area (Å²) in [5.41, 5.74) is 0. The Morgan fingerprint density at radius 2 is 0.571 bits per heavy atom. The van der Waals surface area contributed by atoms with Crippen LogP contribution in [0.3, 0.4) is 0 Å². The Morgan fingerprint density at radius 1 is 0.349 bits per heavy atom. The number of carbonyl (C=O) groups is 10. The molecule has 0 aliphatic carbocycles. The van der Waals surface area contributed by atoms with Gasteiger partial charge in [0.05, 0.1) is 13.2 Å². The Morgan fingerprint density at radius 3 is 0.778 bits per heavy atom. The molecule has 31 nitrogen and oxygen atoms in total. The van der Waals surface area contributed by atoms with Crippen LogP contribution in [0.15, 0.2) is 0 Å². The predicted molar refractivity (Wildman–Crippen MR) is 202 cm³/mol. The molecule has 2 rings (SSSR count). The number of hydrogen-bond acceptors (Lipinski definition) is 21. The minimum Gasteiger partial charge on any atom is -0.481 e. The summed E-state index contributed by atoms with van der Waals surface area (Å²) in [6.07, 6.45) is -15.6. The van der Waals surface area contributed by atoms with Crippen molar-refractivity contribution in [3.63, 3.8) is 0 Å². The first-order chi connectivity index (χ1) is 28.1. The van der Waals surface area contributed by atoms with Crippen molar-refractivity contribution in [2.75, 3.05) is 13.2 Å². The lowest BCUT2D eigenvalue weighted by Crippen LogP contribution is -2.64. The van der Waals surface area contributed by atoms with Crippen LogP contribution in [-0.4, -0.2) is 226 Å². The SMILES string of the molecule is CC(=O)O.CC(=O)O.CC(=O)O.CC(=O)O.CC(=O)O.CC(=O)O.CC(=O)O.CC(=O)O.CC(=O)O.CC(=O)O.OC[C@H]1O[C@@H](O[C@H]2[C@H](O)[C@@H](O)C(O)O[C@@H]2CO)[C@H](O)[C@@H](O)[C@H]1O. The lowest BCUT2D eigenvalue weighted by atomic mass is 9.97. The predicted octanol–water partition coefficient (Wildman–Crippen LogP) is -4.49. The second-order valence-electron chi connectivity index (χ2n) is 10.7. The molecule has 2 aliphatic heterocycles. The molecule has 0 aromatic rings. The van der Waals surface area contributed by atoms with E-state index in [2.05, 4.69) is 0 Å². The van der Waals surface area contributed by atoms with E-state index in [0.29, 0.717) is 0 Å². The lowest BCUT2D eigenvalue weighted by molar-refractivity contribution is -0.355. The molecule has 63 heavy (non-hydrogen) atoms. The summed E-state index contributed by atoms with van der Waals surface area (Å²) >= 11 is 0. The van der Waals surface area contributed by atoms with Gasteiger partial charge in [0.15, 0.2) is 12.6 Å². The highest BCUT2D eigenvalue weighted by molar-refractivity contribution is 5.65. The maximum Gasteiger partial charge on any atom is 0.300 e. The number of carboxylic acids is 10. The molecule has 18 N–H and O–H groups in total. The minimum atomic E-state index is -1.74. The summed E-state index contributed by atoms with van der Waals surface area (Å²) in [5, 5.41) is 151. The average molecular weight is 943 g/mol. The molecule has 0 spiro atoms. The minimum absolute atomic E-state index is 0.667. The maximum absolute atomic E-state index is 9.94. The van der Waals surface area contributed by atoms with Crippen LogP contribution in [-0.2, 0) is 62.2 Å². The third kappa shape index (κ3) is 92.7. The van der Waals surface area contributed by atoms with Crippen molar-refractivity contribution in [1.29, 1.82) is 0 Å². The summed E-state index contributed by atoms with van der Waals surface area (Å²) < 4.78 is 15.3. The smallest absolute Gasteiger partial charge is 0.300 e. The highest BCUT2D eigenvalue weighted by Gasteiger charge is 2.50. The van der Waals surface area contributed by atoms with Gasteiger partial charge >= 0.3 is 0 Å². The van der Waals surface area contributed by atoms with Gasteiger partial charge < -0.3 is 106 Å². The third-order valence-corrected chi connectivity index (χ3v) is 3.98. The van der Waals surface area contributed by atoms with Gasteiger partial charge in [0.25, 0.3) is 59.7 Å². The molecule has 1 unspecified atom stereocenters. The molecule has 0 radical (unpaired) electrons. The van der Waals surface area contributed by atoms with E-state index in [4.69, 9.17) is 118 Å². The van der Waals surface area contributed by atoms with Crippen molar-refractivity contribution >= 4 is 59.7 Å². The second kappa shape index (κ2) is 48.9. The molecule has 0 bridgehead atoms.